The van der Waals surface area contributed by atoms with Crippen molar-refractivity contribution in [3.63, 3.8) is 0 Å². The van der Waals surface area contributed by atoms with Crippen LogP contribution in [-0.2, 0) is 20.9 Å². The van der Waals surface area contributed by atoms with Crippen molar-refractivity contribution in [1.82, 2.24) is 14.8 Å². The maximum atomic E-state index is 12.6. The highest BCUT2D eigenvalue weighted by Gasteiger charge is 2.42. The minimum absolute atomic E-state index is 0.115. The lowest BCUT2D eigenvalue weighted by atomic mass is 10.1. The van der Waals surface area contributed by atoms with Gasteiger partial charge in [-0.1, -0.05) is 12.1 Å². The SMILES string of the molecule is O=C(O)C(F)(F)F.O=C(O)C(F)(F)F.O=C(c1cccs1)N1CC2OCCN(Cc3cccnc3)C2C1. The molecule has 2 aromatic heterocycles. The number of nitrogens with zero attached hydrogens (tertiary/aromatic N) is 3. The van der Waals surface area contributed by atoms with Crippen LogP contribution in [0.2, 0.25) is 0 Å². The zero-order chi connectivity index (χ0) is 27.8. The highest BCUT2D eigenvalue weighted by Crippen LogP contribution is 2.26. The van der Waals surface area contributed by atoms with Gasteiger partial charge in [-0.05, 0) is 23.1 Å². The number of fused-ring (bicyclic) bond motifs is 1. The zero-order valence-corrected chi connectivity index (χ0v) is 19.6. The fraction of sp³-hybridized carbons (Fsp3) is 0.429. The molecule has 204 valence electrons. The molecule has 4 rings (SSSR count). The van der Waals surface area contributed by atoms with Gasteiger partial charge in [-0.2, -0.15) is 26.3 Å². The fourth-order valence-corrected chi connectivity index (χ4v) is 4.09. The molecule has 0 bridgehead atoms. The molecule has 2 N–H and O–H groups in total. The third-order valence-electron chi connectivity index (χ3n) is 5.03. The van der Waals surface area contributed by atoms with E-state index in [1.54, 1.807) is 6.20 Å². The number of alkyl halides is 6. The molecular weight excluding hydrogens is 536 g/mol. The molecule has 16 heteroatoms. The van der Waals surface area contributed by atoms with E-state index in [9.17, 15) is 31.1 Å². The van der Waals surface area contributed by atoms with Crippen molar-refractivity contribution in [3.8, 4) is 0 Å². The van der Waals surface area contributed by atoms with Crippen LogP contribution in [0.25, 0.3) is 0 Å². The van der Waals surface area contributed by atoms with E-state index in [1.807, 2.05) is 34.7 Å². The van der Waals surface area contributed by atoms with Crippen LogP contribution in [0, 0.1) is 0 Å². The van der Waals surface area contributed by atoms with E-state index in [1.165, 1.54) is 16.9 Å². The van der Waals surface area contributed by atoms with Crippen molar-refractivity contribution in [1.29, 1.82) is 0 Å². The summed E-state index contributed by atoms with van der Waals surface area (Å²) in [5, 5.41) is 16.2. The third-order valence-corrected chi connectivity index (χ3v) is 5.89. The molecule has 0 radical (unpaired) electrons. The largest absolute Gasteiger partial charge is 0.490 e. The van der Waals surface area contributed by atoms with Crippen LogP contribution in [-0.4, -0.2) is 93.6 Å². The Morgan fingerprint density at radius 2 is 1.65 bits per heavy atom. The van der Waals surface area contributed by atoms with Crippen LogP contribution in [0.15, 0.2) is 42.0 Å². The first-order valence-electron chi connectivity index (χ1n) is 10.4. The Balaban J connectivity index is 0.000000286. The van der Waals surface area contributed by atoms with Crippen molar-refractivity contribution in [2.75, 3.05) is 26.2 Å². The Labute approximate surface area is 209 Å². The summed E-state index contributed by atoms with van der Waals surface area (Å²) in [6, 6.07) is 8.15. The summed E-state index contributed by atoms with van der Waals surface area (Å²) >= 11 is 1.50. The number of carboxylic acid groups (broad SMARTS) is 2. The topological polar surface area (TPSA) is 120 Å². The van der Waals surface area contributed by atoms with Crippen LogP contribution in [0.4, 0.5) is 26.3 Å². The normalized spacial score (nSPS) is 19.6. The highest BCUT2D eigenvalue weighted by atomic mass is 32.1. The molecule has 0 saturated carbocycles. The second kappa shape index (κ2) is 12.8. The van der Waals surface area contributed by atoms with E-state index in [4.69, 9.17) is 24.5 Å². The van der Waals surface area contributed by atoms with E-state index in [-0.39, 0.29) is 18.1 Å². The summed E-state index contributed by atoms with van der Waals surface area (Å²) in [6.07, 6.45) is -6.35. The summed E-state index contributed by atoms with van der Waals surface area (Å²) in [5.41, 5.74) is 1.20. The average molecular weight is 557 g/mol. The number of morpholine rings is 1. The van der Waals surface area contributed by atoms with Crippen molar-refractivity contribution in [3.05, 3.63) is 52.5 Å². The van der Waals surface area contributed by atoms with Crippen molar-refractivity contribution in [2.45, 2.75) is 31.0 Å². The van der Waals surface area contributed by atoms with Gasteiger partial charge in [-0.3, -0.25) is 14.7 Å². The van der Waals surface area contributed by atoms with Crippen molar-refractivity contribution < 1.29 is 55.7 Å². The molecular formula is C21H21F6N3O6S. The van der Waals surface area contributed by atoms with Crippen molar-refractivity contribution in [2.24, 2.45) is 0 Å². The van der Waals surface area contributed by atoms with E-state index in [0.29, 0.717) is 6.54 Å². The Morgan fingerprint density at radius 1 is 1.03 bits per heavy atom. The molecule has 4 heterocycles. The molecule has 9 nitrogen and oxygen atoms in total. The van der Waals surface area contributed by atoms with Crippen molar-refractivity contribution >= 4 is 29.2 Å². The second-order valence-electron chi connectivity index (χ2n) is 7.60. The summed E-state index contributed by atoms with van der Waals surface area (Å²) in [5.74, 6) is -5.39. The van der Waals surface area contributed by atoms with Gasteiger partial charge in [-0.25, -0.2) is 9.59 Å². The lowest BCUT2D eigenvalue weighted by Crippen LogP contribution is -2.50. The first-order chi connectivity index (χ1) is 17.2. The van der Waals surface area contributed by atoms with Gasteiger partial charge in [-0.15, -0.1) is 11.3 Å². The molecule has 0 spiro atoms. The Kier molecular flexibility index (Phi) is 10.4. The van der Waals surface area contributed by atoms with E-state index < -0.39 is 24.3 Å². The Hall–Kier alpha value is -3.24. The molecule has 2 atom stereocenters. The molecule has 1 amide bonds. The number of pyridine rings is 1. The first-order valence-corrected chi connectivity index (χ1v) is 11.3. The number of likely N-dealkylation sites (tertiary alicyclic amines) is 1. The number of rotatable bonds is 3. The highest BCUT2D eigenvalue weighted by molar-refractivity contribution is 7.12. The lowest BCUT2D eigenvalue weighted by molar-refractivity contribution is -0.193. The standard InChI is InChI=1S/C17H19N3O2S.2C2HF3O2/c21-17(16-4-2-8-23-16)20-11-14-15(12-20)22-7-6-19(14)10-13-3-1-5-18-9-13;2*3-2(4,5)1(6)7/h1-5,8-9,14-15H,6-7,10-12H2;2*(H,6,7). The number of hydrogen-bond acceptors (Lipinski definition) is 7. The van der Waals surface area contributed by atoms with Crippen LogP contribution in [0.3, 0.4) is 0 Å². The molecule has 2 aliphatic heterocycles. The van der Waals surface area contributed by atoms with Gasteiger partial charge in [0.1, 0.15) is 0 Å². The maximum Gasteiger partial charge on any atom is 0.490 e. The molecule has 2 aliphatic rings. The summed E-state index contributed by atoms with van der Waals surface area (Å²) in [4.78, 5) is 39.7. The monoisotopic (exact) mass is 557 g/mol. The predicted molar refractivity (Wildman–Crippen MR) is 116 cm³/mol. The third kappa shape index (κ3) is 9.29. The molecule has 0 aliphatic carbocycles. The van der Waals surface area contributed by atoms with Crippen LogP contribution < -0.4 is 0 Å². The molecule has 2 unspecified atom stereocenters. The van der Waals surface area contributed by atoms with Gasteiger partial charge in [0.05, 0.1) is 23.6 Å². The van der Waals surface area contributed by atoms with Crippen LogP contribution >= 0.6 is 11.3 Å². The lowest BCUT2D eigenvalue weighted by Gasteiger charge is -2.36. The number of hydrogen-bond donors (Lipinski definition) is 2. The maximum absolute atomic E-state index is 12.6. The summed E-state index contributed by atoms with van der Waals surface area (Å²) in [7, 11) is 0. The average Bonchev–Trinajstić information content (AvgIpc) is 3.50. The fourth-order valence-electron chi connectivity index (χ4n) is 3.40. The minimum atomic E-state index is -5.08. The number of aromatic nitrogens is 1. The summed E-state index contributed by atoms with van der Waals surface area (Å²) < 4.78 is 69.4. The Bertz CT molecular complexity index is 1010. The van der Waals surface area contributed by atoms with Gasteiger partial charge in [0.15, 0.2) is 0 Å². The summed E-state index contributed by atoms with van der Waals surface area (Å²) in [6.45, 7) is 3.91. The molecule has 2 aromatic rings. The number of halogens is 6. The van der Waals surface area contributed by atoms with E-state index in [2.05, 4.69) is 16.0 Å². The number of ether oxygens (including phenoxy) is 1. The molecule has 2 saturated heterocycles. The quantitative estimate of drug-likeness (QED) is 0.553. The van der Waals surface area contributed by atoms with Gasteiger partial charge >= 0.3 is 24.3 Å². The number of carbonyl (C=O) groups excluding carboxylic acids is 1. The zero-order valence-electron chi connectivity index (χ0n) is 18.8. The predicted octanol–water partition coefficient (Wildman–Crippen LogP) is 3.14. The second-order valence-corrected chi connectivity index (χ2v) is 8.55. The number of carbonyl (C=O) groups is 3. The molecule has 0 aromatic carbocycles. The number of thiophene rings is 1. The van der Waals surface area contributed by atoms with E-state index >= 15 is 0 Å². The van der Waals surface area contributed by atoms with E-state index in [0.717, 1.165) is 31.1 Å². The van der Waals surface area contributed by atoms with Gasteiger partial charge in [0.2, 0.25) is 0 Å². The molecule has 2 fully saturated rings. The smallest absolute Gasteiger partial charge is 0.475 e. The Morgan fingerprint density at radius 3 is 2.14 bits per heavy atom. The number of amides is 1. The van der Waals surface area contributed by atoms with Gasteiger partial charge < -0.3 is 19.8 Å². The number of aliphatic carboxylic acids is 2. The number of carboxylic acids is 2. The van der Waals surface area contributed by atoms with Crippen LogP contribution in [0.5, 0.6) is 0 Å². The minimum Gasteiger partial charge on any atom is -0.475 e. The van der Waals surface area contributed by atoms with Gasteiger partial charge in [0.25, 0.3) is 5.91 Å². The van der Waals surface area contributed by atoms with Gasteiger partial charge in [0, 0.05) is 38.6 Å². The van der Waals surface area contributed by atoms with Crippen LogP contribution in [0.1, 0.15) is 15.2 Å². The molecule has 37 heavy (non-hydrogen) atoms. The first kappa shape index (κ1) is 30.0.